The lowest BCUT2D eigenvalue weighted by molar-refractivity contribution is 0.674. The molecule has 15 heavy (non-hydrogen) atoms. The summed E-state index contributed by atoms with van der Waals surface area (Å²) < 4.78 is 1.77. The van der Waals surface area contributed by atoms with Gasteiger partial charge in [0, 0.05) is 5.69 Å². The van der Waals surface area contributed by atoms with Crippen LogP contribution in [0.3, 0.4) is 0 Å². The summed E-state index contributed by atoms with van der Waals surface area (Å²) >= 11 is 11.8. The standard InChI is InChI=1S/C10H11Cl2N3/c1-3-6(2)8-4-7(11)9-5-13-10(12)14-15(8)9/h4-6H,3H2,1-2H3. The third kappa shape index (κ3) is 1.82. The van der Waals surface area contributed by atoms with E-state index >= 15 is 0 Å². The molecule has 5 heteroatoms. The Morgan fingerprint density at radius 3 is 2.87 bits per heavy atom. The second kappa shape index (κ2) is 3.99. The molecule has 0 N–H and O–H groups in total. The largest absolute Gasteiger partial charge is 0.241 e. The highest BCUT2D eigenvalue weighted by Crippen LogP contribution is 2.27. The van der Waals surface area contributed by atoms with E-state index in [9.17, 15) is 0 Å². The number of nitrogens with zero attached hydrogens (tertiary/aromatic N) is 3. The van der Waals surface area contributed by atoms with Crippen molar-refractivity contribution in [1.29, 1.82) is 0 Å². The minimum absolute atomic E-state index is 0.235. The Hall–Kier alpha value is -0.800. The van der Waals surface area contributed by atoms with E-state index in [1.54, 1.807) is 10.7 Å². The van der Waals surface area contributed by atoms with E-state index in [0.29, 0.717) is 10.9 Å². The van der Waals surface area contributed by atoms with Crippen LogP contribution in [-0.2, 0) is 0 Å². The highest BCUT2D eigenvalue weighted by Gasteiger charge is 2.13. The quantitative estimate of drug-likeness (QED) is 0.808. The van der Waals surface area contributed by atoms with Gasteiger partial charge in [-0.3, -0.25) is 0 Å². The number of hydrogen-bond acceptors (Lipinski definition) is 2. The van der Waals surface area contributed by atoms with Crippen molar-refractivity contribution < 1.29 is 0 Å². The van der Waals surface area contributed by atoms with Gasteiger partial charge in [0.05, 0.1) is 11.2 Å². The molecule has 0 spiro atoms. The molecule has 2 aromatic heterocycles. The number of rotatable bonds is 2. The molecule has 1 unspecified atom stereocenters. The van der Waals surface area contributed by atoms with Crippen molar-refractivity contribution in [3.8, 4) is 0 Å². The van der Waals surface area contributed by atoms with E-state index in [1.807, 2.05) is 6.07 Å². The van der Waals surface area contributed by atoms with E-state index in [1.165, 1.54) is 0 Å². The topological polar surface area (TPSA) is 30.2 Å². The van der Waals surface area contributed by atoms with Crippen LogP contribution >= 0.6 is 23.2 Å². The van der Waals surface area contributed by atoms with Crippen LogP contribution in [-0.4, -0.2) is 14.6 Å². The van der Waals surface area contributed by atoms with Gasteiger partial charge in [-0.15, -0.1) is 5.10 Å². The molecule has 0 aliphatic carbocycles. The number of hydrogen-bond donors (Lipinski definition) is 0. The fourth-order valence-corrected chi connectivity index (χ4v) is 1.88. The molecule has 0 saturated carbocycles. The zero-order valence-corrected chi connectivity index (χ0v) is 10.0. The van der Waals surface area contributed by atoms with Gasteiger partial charge in [0.15, 0.2) is 0 Å². The molecule has 0 fully saturated rings. The highest BCUT2D eigenvalue weighted by atomic mass is 35.5. The predicted octanol–water partition coefficient (Wildman–Crippen LogP) is 3.55. The Morgan fingerprint density at radius 1 is 1.47 bits per heavy atom. The van der Waals surface area contributed by atoms with Crippen LogP contribution in [0.1, 0.15) is 31.9 Å². The Kier molecular flexibility index (Phi) is 2.85. The van der Waals surface area contributed by atoms with Crippen LogP contribution in [0.5, 0.6) is 0 Å². The molecule has 0 aliphatic rings. The maximum atomic E-state index is 6.09. The van der Waals surface area contributed by atoms with Crippen molar-refractivity contribution in [1.82, 2.24) is 14.6 Å². The normalized spacial score (nSPS) is 13.3. The molecule has 2 heterocycles. The average molecular weight is 244 g/mol. The van der Waals surface area contributed by atoms with Gasteiger partial charge < -0.3 is 0 Å². The van der Waals surface area contributed by atoms with Crippen molar-refractivity contribution in [3.63, 3.8) is 0 Å². The third-order valence-corrected chi connectivity index (χ3v) is 3.06. The number of fused-ring (bicyclic) bond motifs is 1. The summed E-state index contributed by atoms with van der Waals surface area (Å²) in [6, 6.07) is 1.93. The first kappa shape index (κ1) is 10.7. The second-order valence-corrected chi connectivity index (χ2v) is 4.30. The fourth-order valence-electron chi connectivity index (χ4n) is 1.52. The zero-order chi connectivity index (χ0) is 11.0. The second-order valence-electron chi connectivity index (χ2n) is 3.55. The molecule has 0 bridgehead atoms. The van der Waals surface area contributed by atoms with Crippen molar-refractivity contribution in [2.75, 3.05) is 0 Å². The van der Waals surface area contributed by atoms with Crippen molar-refractivity contribution in [2.24, 2.45) is 0 Å². The summed E-state index contributed by atoms with van der Waals surface area (Å²) in [5.41, 5.74) is 1.87. The first-order chi connectivity index (χ1) is 7.13. The highest BCUT2D eigenvalue weighted by molar-refractivity contribution is 6.34. The number of halogens is 2. The SMILES string of the molecule is CCC(C)c1cc(Cl)c2cnc(Cl)nn12. The van der Waals surface area contributed by atoms with E-state index < -0.39 is 0 Å². The average Bonchev–Trinajstić information content (AvgIpc) is 2.54. The molecule has 1 atom stereocenters. The van der Waals surface area contributed by atoms with Gasteiger partial charge in [-0.2, -0.15) is 0 Å². The minimum Gasteiger partial charge on any atom is -0.231 e. The third-order valence-electron chi connectivity index (χ3n) is 2.59. The minimum atomic E-state index is 0.235. The van der Waals surface area contributed by atoms with Crippen LogP contribution < -0.4 is 0 Å². The molecule has 3 nitrogen and oxygen atoms in total. The summed E-state index contributed by atoms with van der Waals surface area (Å²) in [5, 5.41) is 5.06. The van der Waals surface area contributed by atoms with E-state index in [4.69, 9.17) is 23.2 Å². The smallest absolute Gasteiger partial charge is 0.231 e. The van der Waals surface area contributed by atoms with Crippen molar-refractivity contribution in [3.05, 3.63) is 28.3 Å². The van der Waals surface area contributed by atoms with Gasteiger partial charge in [-0.25, -0.2) is 9.50 Å². The monoisotopic (exact) mass is 243 g/mol. The van der Waals surface area contributed by atoms with Gasteiger partial charge in [-0.05, 0) is 30.0 Å². The summed E-state index contributed by atoms with van der Waals surface area (Å²) in [6.45, 7) is 4.26. The molecule has 80 valence electrons. The molecule has 0 amide bonds. The van der Waals surface area contributed by atoms with Gasteiger partial charge >= 0.3 is 0 Å². The molecular weight excluding hydrogens is 233 g/mol. The Balaban J connectivity index is 2.69. The van der Waals surface area contributed by atoms with Gasteiger partial charge in [0.25, 0.3) is 0 Å². The van der Waals surface area contributed by atoms with Crippen LogP contribution in [0.2, 0.25) is 10.3 Å². The summed E-state index contributed by atoms with van der Waals surface area (Å²) in [6.07, 6.45) is 2.67. The van der Waals surface area contributed by atoms with Crippen molar-refractivity contribution in [2.45, 2.75) is 26.2 Å². The first-order valence-corrected chi connectivity index (χ1v) is 5.58. The summed E-state index contributed by atoms with van der Waals surface area (Å²) in [7, 11) is 0. The van der Waals surface area contributed by atoms with E-state index in [-0.39, 0.29) is 5.28 Å². The molecule has 2 aromatic rings. The molecule has 0 aliphatic heterocycles. The maximum Gasteiger partial charge on any atom is 0.241 e. The van der Waals surface area contributed by atoms with Crippen LogP contribution in [0, 0.1) is 0 Å². The zero-order valence-electron chi connectivity index (χ0n) is 8.54. The summed E-state index contributed by atoms with van der Waals surface area (Å²) in [5.74, 6) is 0.399. The lowest BCUT2D eigenvalue weighted by Crippen LogP contribution is -2.01. The molecule has 0 saturated heterocycles. The van der Waals surface area contributed by atoms with Gasteiger partial charge in [0.2, 0.25) is 5.28 Å². The van der Waals surface area contributed by atoms with Crippen LogP contribution in [0.4, 0.5) is 0 Å². The lowest BCUT2D eigenvalue weighted by atomic mass is 10.1. The molecular formula is C10H11Cl2N3. The maximum absolute atomic E-state index is 6.09. The van der Waals surface area contributed by atoms with Gasteiger partial charge in [0.1, 0.15) is 5.52 Å². The molecule has 0 aromatic carbocycles. The van der Waals surface area contributed by atoms with Crippen LogP contribution in [0.15, 0.2) is 12.3 Å². The fraction of sp³-hybridized carbons (Fsp3) is 0.400. The van der Waals surface area contributed by atoms with Gasteiger partial charge in [-0.1, -0.05) is 25.4 Å². The lowest BCUT2D eigenvalue weighted by Gasteiger charge is -2.07. The van der Waals surface area contributed by atoms with Crippen LogP contribution in [0.25, 0.3) is 5.52 Å². The van der Waals surface area contributed by atoms with E-state index in [2.05, 4.69) is 23.9 Å². The van der Waals surface area contributed by atoms with Crippen molar-refractivity contribution >= 4 is 28.7 Å². The van der Waals surface area contributed by atoms with E-state index in [0.717, 1.165) is 17.6 Å². The molecule has 0 radical (unpaired) electrons. The predicted molar refractivity (Wildman–Crippen MR) is 61.7 cm³/mol. The summed E-state index contributed by atoms with van der Waals surface area (Å²) in [4.78, 5) is 3.92. The molecule has 2 rings (SSSR count). The Bertz CT molecular complexity index is 493. The number of aromatic nitrogens is 3. The first-order valence-electron chi connectivity index (χ1n) is 4.83. The Labute approximate surface area is 98.0 Å². The Morgan fingerprint density at radius 2 is 2.20 bits per heavy atom.